The van der Waals surface area contributed by atoms with Gasteiger partial charge >= 0.3 is 0 Å². The van der Waals surface area contributed by atoms with Crippen LogP contribution in [0.15, 0.2) is 42.5 Å². The average molecular weight is 394 g/mol. The lowest BCUT2D eigenvalue weighted by molar-refractivity contribution is 0.0855. The highest BCUT2D eigenvalue weighted by atomic mass is 16.5. The normalized spacial score (nSPS) is 20.7. The van der Waals surface area contributed by atoms with Crippen molar-refractivity contribution >= 4 is 5.91 Å². The Labute approximate surface area is 173 Å². The van der Waals surface area contributed by atoms with Crippen molar-refractivity contribution in [3.05, 3.63) is 65.0 Å². The van der Waals surface area contributed by atoms with E-state index >= 15 is 0 Å². The summed E-state index contributed by atoms with van der Waals surface area (Å²) < 4.78 is 5.63. The Morgan fingerprint density at radius 3 is 2.66 bits per heavy atom. The van der Waals surface area contributed by atoms with E-state index in [1.165, 1.54) is 5.56 Å². The average Bonchev–Trinajstić information content (AvgIpc) is 3.27. The van der Waals surface area contributed by atoms with Crippen LogP contribution in [-0.2, 0) is 11.3 Å². The lowest BCUT2D eigenvalue weighted by Crippen LogP contribution is -2.35. The third kappa shape index (κ3) is 5.22. The van der Waals surface area contributed by atoms with E-state index in [9.17, 15) is 4.79 Å². The number of amides is 1. The summed E-state index contributed by atoms with van der Waals surface area (Å²) in [6.07, 6.45) is 4.34. The number of benzene rings is 1. The molecule has 0 aliphatic carbocycles. The zero-order valence-corrected chi connectivity index (χ0v) is 17.3. The first-order chi connectivity index (χ1) is 14.2. The fraction of sp³-hybridized carbons (Fsp3) is 0.500. The second-order valence-corrected chi connectivity index (χ2v) is 8.27. The maximum Gasteiger partial charge on any atom is 0.253 e. The first-order valence-corrected chi connectivity index (χ1v) is 10.8. The number of rotatable bonds is 6. The second kappa shape index (κ2) is 9.51. The van der Waals surface area contributed by atoms with Gasteiger partial charge in [-0.2, -0.15) is 0 Å². The molecule has 2 aromatic rings. The number of likely N-dealkylation sites (tertiary alicyclic amines) is 1. The predicted octanol–water partition coefficient (Wildman–Crippen LogP) is 3.68. The van der Waals surface area contributed by atoms with Gasteiger partial charge in [-0.05, 0) is 63.4 Å². The molecule has 1 atom stereocenters. The highest BCUT2D eigenvalue weighted by Gasteiger charge is 2.26. The van der Waals surface area contributed by atoms with Gasteiger partial charge in [-0.25, -0.2) is 0 Å². The number of ether oxygens (including phenoxy) is 1. The van der Waals surface area contributed by atoms with Crippen LogP contribution < -0.4 is 5.32 Å². The molecule has 2 fully saturated rings. The van der Waals surface area contributed by atoms with Gasteiger partial charge in [-0.1, -0.05) is 30.3 Å². The van der Waals surface area contributed by atoms with Gasteiger partial charge in [0.1, 0.15) is 0 Å². The summed E-state index contributed by atoms with van der Waals surface area (Å²) in [6, 6.07) is 14.5. The molecule has 1 amide bonds. The fourth-order valence-corrected chi connectivity index (χ4v) is 4.39. The number of carbonyl (C=O) groups excluding carboxylic acids is 1. The van der Waals surface area contributed by atoms with Crippen LogP contribution >= 0.6 is 0 Å². The van der Waals surface area contributed by atoms with Crippen LogP contribution in [0.3, 0.4) is 0 Å². The molecule has 3 heterocycles. The van der Waals surface area contributed by atoms with Crippen LogP contribution in [0.2, 0.25) is 0 Å². The van der Waals surface area contributed by atoms with Gasteiger partial charge in [0.25, 0.3) is 5.91 Å². The second-order valence-electron chi connectivity index (χ2n) is 8.27. The van der Waals surface area contributed by atoms with E-state index in [0.29, 0.717) is 12.5 Å². The molecule has 0 bridgehead atoms. The topological polar surface area (TPSA) is 54.5 Å². The smallest absolute Gasteiger partial charge is 0.253 e. The summed E-state index contributed by atoms with van der Waals surface area (Å²) in [4.78, 5) is 20.2. The lowest BCUT2D eigenvalue weighted by Gasteiger charge is -2.32. The minimum atomic E-state index is -0.0188. The van der Waals surface area contributed by atoms with Gasteiger partial charge in [0.05, 0.1) is 17.4 Å². The molecule has 0 radical (unpaired) electrons. The van der Waals surface area contributed by atoms with E-state index in [2.05, 4.69) is 40.5 Å². The highest BCUT2D eigenvalue weighted by Crippen LogP contribution is 2.30. The Hall–Kier alpha value is -2.24. The Kier molecular flexibility index (Phi) is 6.57. The van der Waals surface area contributed by atoms with Crippen LogP contribution in [0.25, 0.3) is 0 Å². The molecule has 0 unspecified atom stereocenters. The molecule has 1 N–H and O–H groups in total. The number of hydrogen-bond donors (Lipinski definition) is 1. The first-order valence-electron chi connectivity index (χ1n) is 10.8. The molecule has 4 rings (SSSR count). The number of aromatic nitrogens is 1. The van der Waals surface area contributed by atoms with Crippen molar-refractivity contribution in [3.63, 3.8) is 0 Å². The summed E-state index contributed by atoms with van der Waals surface area (Å²) in [5, 5.41) is 3.07. The van der Waals surface area contributed by atoms with Gasteiger partial charge in [0.15, 0.2) is 0 Å². The van der Waals surface area contributed by atoms with Crippen LogP contribution in [0.5, 0.6) is 0 Å². The number of hydrogen-bond acceptors (Lipinski definition) is 4. The molecule has 2 aliphatic rings. The maximum absolute atomic E-state index is 12.9. The summed E-state index contributed by atoms with van der Waals surface area (Å²) in [6.45, 7) is 6.45. The fourth-order valence-electron chi connectivity index (χ4n) is 4.39. The number of nitrogens with zero attached hydrogens (tertiary/aromatic N) is 2. The van der Waals surface area contributed by atoms with Crippen molar-refractivity contribution in [1.82, 2.24) is 15.2 Å². The van der Waals surface area contributed by atoms with E-state index in [-0.39, 0.29) is 12.0 Å². The van der Waals surface area contributed by atoms with E-state index in [4.69, 9.17) is 9.72 Å². The van der Waals surface area contributed by atoms with Crippen molar-refractivity contribution in [1.29, 1.82) is 0 Å². The van der Waals surface area contributed by atoms with Crippen molar-refractivity contribution in [2.75, 3.05) is 26.2 Å². The first kappa shape index (κ1) is 20.0. The minimum absolute atomic E-state index is 0.0188. The zero-order chi connectivity index (χ0) is 20.1. The van der Waals surface area contributed by atoms with Crippen molar-refractivity contribution < 1.29 is 9.53 Å². The SMILES string of the molecule is Cc1ccc(C(=O)NC[C@H]2CCCO2)c(C2CCN(Cc3ccccc3)CC2)n1. The molecule has 5 heteroatoms. The van der Waals surface area contributed by atoms with Gasteiger partial charge < -0.3 is 10.1 Å². The third-order valence-electron chi connectivity index (χ3n) is 6.05. The number of pyridine rings is 1. The number of piperidine rings is 1. The Morgan fingerprint density at radius 2 is 1.93 bits per heavy atom. The molecule has 1 aromatic carbocycles. The van der Waals surface area contributed by atoms with Crippen LogP contribution in [0.1, 0.15) is 58.9 Å². The van der Waals surface area contributed by atoms with Crippen molar-refractivity contribution in [2.24, 2.45) is 0 Å². The third-order valence-corrected chi connectivity index (χ3v) is 6.05. The Morgan fingerprint density at radius 1 is 1.14 bits per heavy atom. The molecule has 29 heavy (non-hydrogen) atoms. The standard InChI is InChI=1S/C24H31N3O2/c1-18-9-10-22(24(28)25-16-21-8-5-15-29-21)23(26-18)20-11-13-27(14-12-20)17-19-6-3-2-4-7-19/h2-4,6-7,9-10,20-21H,5,8,11-17H2,1H3,(H,25,28)/t21-/m1/s1. The zero-order valence-electron chi connectivity index (χ0n) is 17.3. The number of aryl methyl sites for hydroxylation is 1. The van der Waals surface area contributed by atoms with Crippen LogP contribution in [0, 0.1) is 6.92 Å². The van der Waals surface area contributed by atoms with Crippen molar-refractivity contribution in [2.45, 2.75) is 51.2 Å². The maximum atomic E-state index is 12.9. The molecule has 154 valence electrons. The molecule has 0 spiro atoms. The van der Waals surface area contributed by atoms with E-state index < -0.39 is 0 Å². The Bertz CT molecular complexity index is 810. The molecule has 5 nitrogen and oxygen atoms in total. The molecule has 2 aliphatic heterocycles. The summed E-state index contributed by atoms with van der Waals surface area (Å²) in [5.41, 5.74) is 4.03. The predicted molar refractivity (Wildman–Crippen MR) is 114 cm³/mol. The molecule has 0 saturated carbocycles. The van der Waals surface area contributed by atoms with Crippen LogP contribution in [0.4, 0.5) is 0 Å². The van der Waals surface area contributed by atoms with E-state index in [1.54, 1.807) is 0 Å². The van der Waals surface area contributed by atoms with Gasteiger partial charge in [0, 0.05) is 31.3 Å². The summed E-state index contributed by atoms with van der Waals surface area (Å²) >= 11 is 0. The molecule has 2 saturated heterocycles. The molecule has 1 aromatic heterocycles. The highest BCUT2D eigenvalue weighted by molar-refractivity contribution is 5.95. The largest absolute Gasteiger partial charge is 0.376 e. The monoisotopic (exact) mass is 393 g/mol. The summed E-state index contributed by atoms with van der Waals surface area (Å²) in [7, 11) is 0. The lowest BCUT2D eigenvalue weighted by atomic mass is 9.89. The van der Waals surface area contributed by atoms with Gasteiger partial charge in [-0.3, -0.25) is 14.7 Å². The number of carbonyl (C=O) groups is 1. The number of nitrogens with one attached hydrogen (secondary N) is 1. The van der Waals surface area contributed by atoms with Crippen molar-refractivity contribution in [3.8, 4) is 0 Å². The minimum Gasteiger partial charge on any atom is -0.376 e. The van der Waals surface area contributed by atoms with Gasteiger partial charge in [-0.15, -0.1) is 0 Å². The summed E-state index contributed by atoms with van der Waals surface area (Å²) in [5.74, 6) is 0.320. The Balaban J connectivity index is 1.39. The quantitative estimate of drug-likeness (QED) is 0.813. The molecular weight excluding hydrogens is 362 g/mol. The van der Waals surface area contributed by atoms with E-state index in [0.717, 1.165) is 68.9 Å². The van der Waals surface area contributed by atoms with E-state index in [1.807, 2.05) is 19.1 Å². The van der Waals surface area contributed by atoms with Crippen LogP contribution in [-0.4, -0.2) is 48.1 Å². The molecular formula is C24H31N3O2. The van der Waals surface area contributed by atoms with Gasteiger partial charge in [0.2, 0.25) is 0 Å².